The zero-order valence-electron chi connectivity index (χ0n) is 18.6. The summed E-state index contributed by atoms with van der Waals surface area (Å²) >= 11 is 0. The van der Waals surface area contributed by atoms with Crippen LogP contribution in [0.25, 0.3) is 11.8 Å². The van der Waals surface area contributed by atoms with Gasteiger partial charge in [0.1, 0.15) is 17.7 Å². The normalized spacial score (nSPS) is 12.9. The molecule has 0 saturated carbocycles. The molecule has 0 aliphatic carbocycles. The molecule has 1 heterocycles. The number of hydrogen-bond acceptors (Lipinski definition) is 5. The third kappa shape index (κ3) is 3.74. The minimum absolute atomic E-state index is 0.0931. The van der Waals surface area contributed by atoms with Crippen LogP contribution < -0.4 is 36.4 Å². The van der Waals surface area contributed by atoms with Crippen LogP contribution in [0, 0.1) is 0 Å². The predicted octanol–water partition coefficient (Wildman–Crippen LogP) is 0.851. The van der Waals surface area contributed by atoms with E-state index in [0.717, 1.165) is 27.3 Å². The van der Waals surface area contributed by atoms with Gasteiger partial charge in [-0.2, -0.15) is 0 Å². The van der Waals surface area contributed by atoms with Crippen LogP contribution >= 0.6 is 0 Å². The van der Waals surface area contributed by atoms with E-state index in [0.29, 0.717) is 22.7 Å². The number of benzene rings is 3. The fourth-order valence-electron chi connectivity index (χ4n) is 3.90. The van der Waals surface area contributed by atoms with Gasteiger partial charge in [0, 0.05) is 47.4 Å². The van der Waals surface area contributed by atoms with E-state index in [1.165, 1.54) is 11.0 Å². The van der Waals surface area contributed by atoms with Gasteiger partial charge in [0.25, 0.3) is 0 Å². The average molecular weight is 432 g/mol. The van der Waals surface area contributed by atoms with Gasteiger partial charge in [-0.3, -0.25) is 0 Å². The Morgan fingerprint density at radius 3 is 2.34 bits per heavy atom. The van der Waals surface area contributed by atoms with Gasteiger partial charge in [-0.25, -0.2) is 4.79 Å². The van der Waals surface area contributed by atoms with Crippen molar-refractivity contribution in [2.24, 2.45) is 0 Å². The molecule has 0 unspecified atom stereocenters. The standard InChI is InChI=1S/C25H26N4O3/c1-28(2)13-14-5-7-16-22(9-14)32-23-10-15(29(3)4)6-8-17(23)24(16)18-11-20(26)21(27)12-19(18)25(30)31/h5-13H,26-27H2,1-4H3,(H,30,31)/p+1/b14-13+. The molecule has 0 atom stereocenters. The Hall–Kier alpha value is -3.97. The number of nitrogen functional groups attached to an aromatic ring is 2. The minimum Gasteiger partial charge on any atom is -0.478 e. The molecule has 3 aromatic rings. The van der Waals surface area contributed by atoms with Gasteiger partial charge in [0.2, 0.25) is 0 Å². The highest BCUT2D eigenvalue weighted by Gasteiger charge is 2.25. The first kappa shape index (κ1) is 21.3. The Morgan fingerprint density at radius 1 is 0.969 bits per heavy atom. The lowest BCUT2D eigenvalue weighted by atomic mass is 9.89. The zero-order chi connectivity index (χ0) is 23.2. The maximum Gasteiger partial charge on any atom is 0.336 e. The van der Waals surface area contributed by atoms with Crippen LogP contribution in [-0.2, 0) is 0 Å². The van der Waals surface area contributed by atoms with Gasteiger partial charge < -0.3 is 31.1 Å². The van der Waals surface area contributed by atoms with E-state index < -0.39 is 5.97 Å². The number of aromatic carboxylic acids is 1. The van der Waals surface area contributed by atoms with E-state index >= 15 is 0 Å². The molecule has 4 rings (SSSR count). The van der Waals surface area contributed by atoms with Crippen LogP contribution in [0.4, 0.5) is 17.1 Å². The topological polar surface area (TPSA) is 106 Å². The lowest BCUT2D eigenvalue weighted by molar-refractivity contribution is -0.770. The Kier molecular flexibility index (Phi) is 5.28. The van der Waals surface area contributed by atoms with Gasteiger partial charge in [-0.15, -0.1) is 0 Å². The predicted molar refractivity (Wildman–Crippen MR) is 128 cm³/mol. The molecule has 0 amide bonds. The maximum absolute atomic E-state index is 12.1. The lowest BCUT2D eigenvalue weighted by Gasteiger charge is -2.24. The number of ether oxygens (including phenoxy) is 1. The van der Waals surface area contributed by atoms with Crippen LogP contribution in [-0.4, -0.2) is 39.3 Å². The third-order valence-electron chi connectivity index (χ3n) is 5.42. The number of quaternary nitrogens is 1. The number of fused-ring (bicyclic) bond motifs is 2. The Labute approximate surface area is 186 Å². The molecule has 0 spiro atoms. The summed E-state index contributed by atoms with van der Waals surface area (Å²) in [4.78, 5) is 15.3. The second-order valence-electron chi connectivity index (χ2n) is 8.36. The van der Waals surface area contributed by atoms with Crippen molar-refractivity contribution in [3.05, 3.63) is 75.7 Å². The molecule has 0 radical (unpaired) electrons. The van der Waals surface area contributed by atoms with Gasteiger partial charge >= 0.3 is 5.97 Å². The van der Waals surface area contributed by atoms with Crippen molar-refractivity contribution in [2.75, 3.05) is 44.6 Å². The quantitative estimate of drug-likeness (QED) is 0.357. The van der Waals surface area contributed by atoms with Crippen LogP contribution in [0.3, 0.4) is 0 Å². The number of anilines is 3. The first-order chi connectivity index (χ1) is 15.2. The van der Waals surface area contributed by atoms with Crippen molar-refractivity contribution < 1.29 is 19.5 Å². The summed E-state index contributed by atoms with van der Waals surface area (Å²) in [5, 5.41) is 11.7. The van der Waals surface area contributed by atoms with Crippen LogP contribution in [0.2, 0.25) is 0 Å². The van der Waals surface area contributed by atoms with Crippen molar-refractivity contribution >= 4 is 34.8 Å². The number of carbonyl (C=O) groups is 1. The zero-order valence-corrected chi connectivity index (χ0v) is 18.6. The first-order valence-corrected chi connectivity index (χ1v) is 10.2. The van der Waals surface area contributed by atoms with Crippen LogP contribution in [0.1, 0.15) is 21.5 Å². The highest BCUT2D eigenvalue weighted by Crippen LogP contribution is 2.40. The highest BCUT2D eigenvalue weighted by molar-refractivity contribution is 6.00. The number of carboxylic acids is 1. The molecule has 1 aliphatic rings. The van der Waals surface area contributed by atoms with Crippen molar-refractivity contribution in [3.8, 4) is 11.5 Å². The smallest absolute Gasteiger partial charge is 0.336 e. The summed E-state index contributed by atoms with van der Waals surface area (Å²) in [6.07, 6.45) is 2.07. The Balaban J connectivity index is 2.12. The molecule has 32 heavy (non-hydrogen) atoms. The summed E-state index contributed by atoms with van der Waals surface area (Å²) < 4.78 is 6.32. The first-order valence-electron chi connectivity index (χ1n) is 10.2. The third-order valence-corrected chi connectivity index (χ3v) is 5.42. The average Bonchev–Trinajstić information content (AvgIpc) is 2.72. The SMILES string of the molecule is CN(C)c1ccc2c(c1)Oc1c/c(=C/[NH+](C)C)ccc1=C2c1cc(N)c(N)cc1C(=O)O. The van der Waals surface area contributed by atoms with Gasteiger partial charge in [0.15, 0.2) is 0 Å². The van der Waals surface area contributed by atoms with Gasteiger partial charge in [0.05, 0.1) is 31.0 Å². The Bertz CT molecular complexity index is 1360. The second-order valence-corrected chi connectivity index (χ2v) is 8.36. The molecule has 164 valence electrons. The molecule has 7 heteroatoms. The molecule has 0 fully saturated rings. The number of hydrogen-bond donors (Lipinski definition) is 4. The number of nitrogens with one attached hydrogen (secondary N) is 1. The molecule has 6 N–H and O–H groups in total. The van der Waals surface area contributed by atoms with E-state index in [4.69, 9.17) is 16.2 Å². The summed E-state index contributed by atoms with van der Waals surface area (Å²) in [6.45, 7) is 0. The monoisotopic (exact) mass is 431 g/mol. The molecule has 1 aliphatic heterocycles. The molecule has 0 bridgehead atoms. The molecular weight excluding hydrogens is 404 g/mol. The summed E-state index contributed by atoms with van der Waals surface area (Å²) in [5.74, 6) is 0.241. The van der Waals surface area contributed by atoms with E-state index in [2.05, 4.69) is 6.20 Å². The summed E-state index contributed by atoms with van der Waals surface area (Å²) in [6, 6.07) is 14.9. The fourth-order valence-corrected chi connectivity index (χ4v) is 3.90. The number of nitrogens with zero attached hydrogens (tertiary/aromatic N) is 1. The van der Waals surface area contributed by atoms with Crippen molar-refractivity contribution in [3.63, 3.8) is 0 Å². The number of rotatable bonds is 4. The van der Waals surface area contributed by atoms with E-state index in [9.17, 15) is 9.90 Å². The maximum atomic E-state index is 12.1. The summed E-state index contributed by atoms with van der Waals surface area (Å²) in [5.41, 5.74) is 15.7. The van der Waals surface area contributed by atoms with Crippen LogP contribution in [0.15, 0.2) is 48.5 Å². The van der Waals surface area contributed by atoms with Crippen molar-refractivity contribution in [1.82, 2.24) is 0 Å². The van der Waals surface area contributed by atoms with Crippen molar-refractivity contribution in [1.29, 1.82) is 0 Å². The molecular formula is C25H27N4O3+. The Morgan fingerprint density at radius 2 is 1.69 bits per heavy atom. The highest BCUT2D eigenvalue weighted by atomic mass is 16.5. The minimum atomic E-state index is -1.07. The van der Waals surface area contributed by atoms with E-state index in [-0.39, 0.29) is 11.3 Å². The van der Waals surface area contributed by atoms with Gasteiger partial charge in [-0.1, -0.05) is 0 Å². The van der Waals surface area contributed by atoms with Crippen LogP contribution in [0.5, 0.6) is 11.5 Å². The summed E-state index contributed by atoms with van der Waals surface area (Å²) in [7, 11) is 7.98. The number of nitrogens with two attached hydrogens (primary N) is 2. The molecule has 3 aromatic carbocycles. The lowest BCUT2D eigenvalue weighted by Crippen LogP contribution is -3.00. The van der Waals surface area contributed by atoms with E-state index in [1.54, 1.807) is 6.07 Å². The van der Waals surface area contributed by atoms with E-state index in [1.807, 2.05) is 69.5 Å². The molecule has 7 nitrogen and oxygen atoms in total. The van der Waals surface area contributed by atoms with Gasteiger partial charge in [-0.05, 0) is 48.0 Å². The molecule has 0 saturated heterocycles. The largest absolute Gasteiger partial charge is 0.478 e. The second kappa shape index (κ2) is 7.94. The van der Waals surface area contributed by atoms with Crippen molar-refractivity contribution in [2.45, 2.75) is 0 Å². The number of carboxylic acid groups (broad SMARTS) is 1. The molecule has 0 aromatic heterocycles. The fraction of sp³-hybridized carbons (Fsp3) is 0.160.